The molecule has 0 fully saturated rings. The van der Waals surface area contributed by atoms with Crippen LogP contribution in [-0.4, -0.2) is 27.9 Å². The molecule has 0 atom stereocenters. The minimum atomic E-state index is -0.578. The molecule has 33 heavy (non-hydrogen) atoms. The lowest BCUT2D eigenvalue weighted by Crippen LogP contribution is -2.27. The van der Waals surface area contributed by atoms with Crippen molar-refractivity contribution in [2.45, 2.75) is 60.5 Å². The molecule has 0 aliphatic carbocycles. The second-order valence-electron chi connectivity index (χ2n) is 8.94. The van der Waals surface area contributed by atoms with Crippen molar-refractivity contribution < 1.29 is 9.53 Å². The SMILES string of the molecule is C/C=C(\C=N)c1ccc2scc(-c3ccnc(NC(=O)OC(C)(C)C)c3)c2n1.CCC(C)C. The first kappa shape index (κ1) is 26.2. The van der Waals surface area contributed by atoms with Gasteiger partial charge < -0.3 is 10.1 Å². The van der Waals surface area contributed by atoms with Crippen LogP contribution in [-0.2, 0) is 4.74 Å². The number of allylic oxidation sites excluding steroid dienone is 2. The van der Waals surface area contributed by atoms with Crippen LogP contribution >= 0.6 is 11.3 Å². The first-order chi connectivity index (χ1) is 15.6. The molecule has 0 bridgehead atoms. The first-order valence-corrected chi connectivity index (χ1v) is 12.0. The summed E-state index contributed by atoms with van der Waals surface area (Å²) in [7, 11) is 0. The fourth-order valence-electron chi connectivity index (χ4n) is 2.66. The van der Waals surface area contributed by atoms with E-state index >= 15 is 0 Å². The Labute approximate surface area is 200 Å². The van der Waals surface area contributed by atoms with Crippen LogP contribution in [0, 0.1) is 11.3 Å². The Morgan fingerprint density at radius 1 is 1.27 bits per heavy atom. The normalized spacial score (nSPS) is 11.7. The Balaban J connectivity index is 0.000000696. The molecule has 6 nitrogen and oxygen atoms in total. The third kappa shape index (κ3) is 7.79. The minimum absolute atomic E-state index is 0.413. The van der Waals surface area contributed by atoms with Crippen molar-refractivity contribution in [3.63, 3.8) is 0 Å². The smallest absolute Gasteiger partial charge is 0.413 e. The first-order valence-electron chi connectivity index (χ1n) is 11.1. The summed E-state index contributed by atoms with van der Waals surface area (Å²) < 4.78 is 6.33. The van der Waals surface area contributed by atoms with Crippen LogP contribution in [0.25, 0.3) is 26.9 Å². The molecular weight excluding hydrogens is 432 g/mol. The summed E-state index contributed by atoms with van der Waals surface area (Å²) in [4.78, 5) is 21.0. The average molecular weight is 467 g/mol. The number of carbonyl (C=O) groups excluding carboxylic acids is 1. The summed E-state index contributed by atoms with van der Waals surface area (Å²) >= 11 is 1.60. The molecule has 2 N–H and O–H groups in total. The highest BCUT2D eigenvalue weighted by molar-refractivity contribution is 7.17. The topological polar surface area (TPSA) is 88.0 Å². The quantitative estimate of drug-likeness (QED) is 0.375. The Morgan fingerprint density at radius 2 is 1.97 bits per heavy atom. The highest BCUT2D eigenvalue weighted by atomic mass is 32.1. The van der Waals surface area contributed by atoms with Crippen molar-refractivity contribution in [3.05, 3.63) is 47.6 Å². The van der Waals surface area contributed by atoms with Gasteiger partial charge in [-0.25, -0.2) is 14.8 Å². The van der Waals surface area contributed by atoms with Gasteiger partial charge in [-0.15, -0.1) is 11.3 Å². The van der Waals surface area contributed by atoms with Gasteiger partial charge in [0.1, 0.15) is 11.4 Å². The van der Waals surface area contributed by atoms with Gasteiger partial charge in [-0.2, -0.15) is 0 Å². The molecule has 3 aromatic heterocycles. The zero-order valence-corrected chi connectivity index (χ0v) is 21.3. The predicted molar refractivity (Wildman–Crippen MR) is 140 cm³/mol. The molecule has 0 saturated carbocycles. The molecule has 0 unspecified atom stereocenters. The number of fused-ring (bicyclic) bond motifs is 1. The summed E-state index contributed by atoms with van der Waals surface area (Å²) in [6.45, 7) is 14.0. The van der Waals surface area contributed by atoms with E-state index in [9.17, 15) is 4.79 Å². The number of ether oxygens (including phenoxy) is 1. The van der Waals surface area contributed by atoms with E-state index in [1.807, 2.05) is 57.4 Å². The molecule has 3 rings (SSSR count). The van der Waals surface area contributed by atoms with E-state index in [1.54, 1.807) is 23.6 Å². The maximum atomic E-state index is 12.0. The van der Waals surface area contributed by atoms with Gasteiger partial charge in [-0.05, 0) is 63.4 Å². The molecule has 0 aromatic carbocycles. The number of aromatic nitrogens is 2. The van der Waals surface area contributed by atoms with E-state index in [-0.39, 0.29) is 0 Å². The van der Waals surface area contributed by atoms with Crippen LogP contribution in [0.1, 0.15) is 60.6 Å². The summed E-state index contributed by atoms with van der Waals surface area (Å²) in [5, 5.41) is 12.3. The molecular formula is C26H34N4O2S. The molecule has 0 aliphatic heterocycles. The van der Waals surface area contributed by atoms with Gasteiger partial charge in [0.15, 0.2) is 0 Å². The second-order valence-corrected chi connectivity index (χ2v) is 9.85. The molecule has 0 radical (unpaired) electrons. The summed E-state index contributed by atoms with van der Waals surface area (Å²) in [6, 6.07) is 7.61. The van der Waals surface area contributed by atoms with Crippen molar-refractivity contribution in [1.82, 2.24) is 9.97 Å². The van der Waals surface area contributed by atoms with Crippen LogP contribution in [0.3, 0.4) is 0 Å². The van der Waals surface area contributed by atoms with E-state index in [0.717, 1.165) is 38.5 Å². The highest BCUT2D eigenvalue weighted by Gasteiger charge is 2.17. The number of hydrogen-bond donors (Lipinski definition) is 2. The number of pyridine rings is 2. The van der Waals surface area contributed by atoms with E-state index in [4.69, 9.17) is 15.1 Å². The predicted octanol–water partition coefficient (Wildman–Crippen LogP) is 7.81. The third-order valence-electron chi connectivity index (χ3n) is 4.70. The van der Waals surface area contributed by atoms with Crippen molar-refractivity contribution in [3.8, 4) is 11.1 Å². The number of carbonyl (C=O) groups is 1. The van der Waals surface area contributed by atoms with Gasteiger partial charge in [-0.3, -0.25) is 5.32 Å². The Bertz CT molecular complexity index is 1130. The fraction of sp³-hybridized carbons (Fsp3) is 0.385. The van der Waals surface area contributed by atoms with Crippen molar-refractivity contribution >= 4 is 45.3 Å². The van der Waals surface area contributed by atoms with E-state index < -0.39 is 11.7 Å². The van der Waals surface area contributed by atoms with Crippen LogP contribution in [0.4, 0.5) is 10.6 Å². The lowest BCUT2D eigenvalue weighted by Gasteiger charge is -2.19. The largest absolute Gasteiger partial charge is 0.444 e. The average Bonchev–Trinajstić information content (AvgIpc) is 3.17. The Hall–Kier alpha value is -3.06. The van der Waals surface area contributed by atoms with Gasteiger partial charge in [0.2, 0.25) is 0 Å². The Morgan fingerprint density at radius 3 is 2.55 bits per heavy atom. The molecule has 0 spiro atoms. The lowest BCUT2D eigenvalue weighted by molar-refractivity contribution is 0.0635. The van der Waals surface area contributed by atoms with Crippen molar-refractivity contribution in [1.29, 1.82) is 5.41 Å². The second kappa shape index (κ2) is 11.7. The number of anilines is 1. The minimum Gasteiger partial charge on any atom is -0.444 e. The van der Waals surface area contributed by atoms with E-state index in [0.29, 0.717) is 5.82 Å². The molecule has 7 heteroatoms. The molecule has 3 heterocycles. The molecule has 1 amide bonds. The number of thiophene rings is 1. The van der Waals surface area contributed by atoms with Gasteiger partial charge in [0.05, 0.1) is 15.9 Å². The van der Waals surface area contributed by atoms with Crippen molar-refractivity contribution in [2.24, 2.45) is 5.92 Å². The number of hydrogen-bond acceptors (Lipinski definition) is 6. The van der Waals surface area contributed by atoms with Crippen molar-refractivity contribution in [2.75, 3.05) is 5.32 Å². The van der Waals surface area contributed by atoms with Crippen LogP contribution < -0.4 is 5.32 Å². The third-order valence-corrected chi connectivity index (χ3v) is 5.63. The maximum absolute atomic E-state index is 12.0. The number of amides is 1. The van der Waals surface area contributed by atoms with E-state index in [1.165, 1.54) is 12.6 Å². The maximum Gasteiger partial charge on any atom is 0.413 e. The van der Waals surface area contributed by atoms with Gasteiger partial charge in [-0.1, -0.05) is 33.3 Å². The van der Waals surface area contributed by atoms with Crippen LogP contribution in [0.2, 0.25) is 0 Å². The molecule has 176 valence electrons. The molecule has 0 aliphatic rings. The van der Waals surface area contributed by atoms with E-state index in [2.05, 4.69) is 31.1 Å². The standard InChI is InChI=1S/C21H22N4O2S.C5H12/c1-5-13(11-22)16-6-7-17-19(24-16)15(12-28-17)14-8-9-23-18(10-14)25-20(26)27-21(2,3)4;1-4-5(2)3/h5-12,22H,1-4H3,(H,23,25,26);5H,4H2,1-3H3/b13-5+,22-11?;. The molecule has 0 saturated heterocycles. The zero-order chi connectivity index (χ0) is 24.6. The van der Waals surface area contributed by atoms with Gasteiger partial charge in [0, 0.05) is 28.9 Å². The number of nitrogens with one attached hydrogen (secondary N) is 2. The monoisotopic (exact) mass is 466 g/mol. The highest BCUT2D eigenvalue weighted by Crippen LogP contribution is 2.34. The summed E-state index contributed by atoms with van der Waals surface area (Å²) in [5.74, 6) is 1.30. The summed E-state index contributed by atoms with van der Waals surface area (Å²) in [6.07, 6.45) is 5.57. The molecule has 3 aromatic rings. The van der Waals surface area contributed by atoms with Crippen LogP contribution in [0.15, 0.2) is 41.9 Å². The lowest BCUT2D eigenvalue weighted by atomic mass is 10.1. The fourth-order valence-corrected chi connectivity index (χ4v) is 3.56. The zero-order valence-electron chi connectivity index (χ0n) is 20.5. The van der Waals surface area contributed by atoms with Gasteiger partial charge in [0.25, 0.3) is 0 Å². The Kier molecular flexibility index (Phi) is 9.29. The van der Waals surface area contributed by atoms with Gasteiger partial charge >= 0.3 is 6.09 Å². The van der Waals surface area contributed by atoms with Crippen LogP contribution in [0.5, 0.6) is 0 Å². The number of rotatable bonds is 5. The summed E-state index contributed by atoms with van der Waals surface area (Å²) in [5.41, 5.74) is 3.65. The number of nitrogens with zero attached hydrogens (tertiary/aromatic N) is 2.